The first kappa shape index (κ1) is 87.1. The van der Waals surface area contributed by atoms with Crippen molar-refractivity contribution in [2.75, 3.05) is 39.6 Å². The average Bonchev–Trinajstić information content (AvgIpc) is 3.70. The first-order valence-electron chi connectivity index (χ1n) is 36.2. The molecule has 0 fully saturated rings. The molecule has 6 atom stereocenters. The second-order valence-corrected chi connectivity index (χ2v) is 29.8. The van der Waals surface area contributed by atoms with Crippen LogP contribution >= 0.6 is 15.6 Å². The molecule has 0 spiro atoms. The summed E-state index contributed by atoms with van der Waals surface area (Å²) in [6, 6.07) is 0. The Bertz CT molecular complexity index is 1770. The molecule has 0 aliphatic carbocycles. The normalized spacial score (nSPS) is 14.6. The number of carbonyl (C=O) groups excluding carboxylic acids is 4. The summed E-state index contributed by atoms with van der Waals surface area (Å²) in [6.45, 7) is 14.1. The Morgan fingerprint density at radius 2 is 0.539 bits per heavy atom. The lowest BCUT2D eigenvalue weighted by Crippen LogP contribution is -2.30. The molecule has 0 saturated heterocycles. The van der Waals surface area contributed by atoms with Crippen LogP contribution in [0.25, 0.3) is 0 Å². The van der Waals surface area contributed by atoms with Crippen molar-refractivity contribution >= 4 is 39.5 Å². The molecule has 3 N–H and O–H groups in total. The molecule has 0 aromatic heterocycles. The van der Waals surface area contributed by atoms with Crippen molar-refractivity contribution in [3.63, 3.8) is 0 Å². The van der Waals surface area contributed by atoms with Gasteiger partial charge in [0, 0.05) is 25.7 Å². The lowest BCUT2D eigenvalue weighted by Gasteiger charge is -2.21. The standard InChI is InChI=1S/C70H136O17P2/c1-9-63(8)49-41-33-28-29-35-43-51-68(73)81-57-66(86-69(74)52-44-36-26-20-15-11-10-13-17-22-30-38-46-60(2)3)59-85-89(78,79)83-55-64(71)54-82-88(76,77)84-58-65(87-70(75)53-45-37-27-21-24-32-40-48-62(6)7)56-80-67(72)50-42-34-25-19-16-12-14-18-23-31-39-47-61(4)5/h60-66,71H,9-59H2,1-8H3,(H,76,77)(H,78,79)/t63?,64-,65-,66-/m1/s1. The Balaban J connectivity index is 5.24. The van der Waals surface area contributed by atoms with Crippen LogP contribution in [0.15, 0.2) is 0 Å². The molecule has 0 aromatic carbocycles. The molecule has 3 unspecified atom stereocenters. The Labute approximate surface area is 543 Å². The number of phosphoric ester groups is 2. The van der Waals surface area contributed by atoms with E-state index in [0.717, 1.165) is 114 Å². The molecule has 0 aromatic rings. The van der Waals surface area contributed by atoms with Gasteiger partial charge >= 0.3 is 39.5 Å². The highest BCUT2D eigenvalue weighted by Gasteiger charge is 2.30. The third-order valence-corrected chi connectivity index (χ3v) is 18.3. The number of unbranched alkanes of at least 4 members (excludes halogenated alkanes) is 32. The SMILES string of the molecule is CCC(C)CCCCCCCCC(=O)OC[C@H](COP(=O)(O)OC[C@H](O)COP(=O)(O)OC[C@@H](COC(=O)CCCCCCCCCCCCCC(C)C)OC(=O)CCCCCCCCCC(C)C)OC(=O)CCCCCCCCCCCCCCC(C)C. The smallest absolute Gasteiger partial charge is 0.462 e. The second kappa shape index (κ2) is 59.8. The minimum Gasteiger partial charge on any atom is -0.462 e. The highest BCUT2D eigenvalue weighted by Crippen LogP contribution is 2.45. The number of rotatable bonds is 67. The van der Waals surface area contributed by atoms with Gasteiger partial charge in [0.1, 0.15) is 19.3 Å². The topological polar surface area (TPSA) is 237 Å². The molecular weight excluding hydrogens is 1170 g/mol. The van der Waals surface area contributed by atoms with E-state index in [-0.39, 0.29) is 25.7 Å². The van der Waals surface area contributed by atoms with E-state index >= 15 is 0 Å². The summed E-state index contributed by atoms with van der Waals surface area (Å²) in [5.41, 5.74) is 0. The number of carbonyl (C=O) groups is 4. The minimum absolute atomic E-state index is 0.103. The molecule has 0 bridgehead atoms. The van der Waals surface area contributed by atoms with Crippen LogP contribution in [0.1, 0.15) is 344 Å². The molecule has 0 aliphatic rings. The maximum absolute atomic E-state index is 13.0. The molecule has 17 nitrogen and oxygen atoms in total. The van der Waals surface area contributed by atoms with E-state index in [2.05, 4.69) is 55.4 Å². The Morgan fingerprint density at radius 1 is 0.315 bits per heavy atom. The van der Waals surface area contributed by atoms with Crippen molar-refractivity contribution in [1.82, 2.24) is 0 Å². The van der Waals surface area contributed by atoms with Crippen LogP contribution in [-0.4, -0.2) is 96.7 Å². The summed E-state index contributed by atoms with van der Waals surface area (Å²) in [6.07, 6.45) is 41.8. The van der Waals surface area contributed by atoms with E-state index in [4.69, 9.17) is 37.0 Å². The van der Waals surface area contributed by atoms with Gasteiger partial charge in [0.15, 0.2) is 12.2 Å². The van der Waals surface area contributed by atoms with Crippen LogP contribution in [0.2, 0.25) is 0 Å². The molecule has 0 amide bonds. The summed E-state index contributed by atoms with van der Waals surface area (Å²) in [4.78, 5) is 72.5. The largest absolute Gasteiger partial charge is 0.472 e. The van der Waals surface area contributed by atoms with E-state index in [9.17, 15) is 43.2 Å². The van der Waals surface area contributed by atoms with Crippen LogP contribution < -0.4 is 0 Å². The third kappa shape index (κ3) is 63.2. The van der Waals surface area contributed by atoms with Gasteiger partial charge in [-0.3, -0.25) is 37.3 Å². The van der Waals surface area contributed by atoms with Crippen LogP contribution in [0.4, 0.5) is 0 Å². The Kier molecular flexibility index (Phi) is 58.5. The number of phosphoric acid groups is 2. The first-order chi connectivity index (χ1) is 42.6. The molecule has 528 valence electrons. The number of esters is 4. The number of hydrogen-bond acceptors (Lipinski definition) is 15. The van der Waals surface area contributed by atoms with E-state index in [0.29, 0.717) is 31.6 Å². The molecular formula is C70H136O17P2. The fourth-order valence-electron chi connectivity index (χ4n) is 10.5. The third-order valence-electron chi connectivity index (χ3n) is 16.4. The Hall–Kier alpha value is -1.94. The first-order valence-corrected chi connectivity index (χ1v) is 39.2. The summed E-state index contributed by atoms with van der Waals surface area (Å²) < 4.78 is 68.3. The fourth-order valence-corrected chi connectivity index (χ4v) is 12.0. The molecule has 0 radical (unpaired) electrons. The monoisotopic (exact) mass is 1310 g/mol. The van der Waals surface area contributed by atoms with Crippen LogP contribution in [0.5, 0.6) is 0 Å². The zero-order chi connectivity index (χ0) is 66.1. The van der Waals surface area contributed by atoms with Gasteiger partial charge in [-0.2, -0.15) is 0 Å². The maximum Gasteiger partial charge on any atom is 0.472 e. The summed E-state index contributed by atoms with van der Waals surface area (Å²) in [5.74, 6) is 0.843. The van der Waals surface area contributed by atoms with Gasteiger partial charge in [-0.05, 0) is 49.4 Å². The lowest BCUT2D eigenvalue weighted by atomic mass is 10.00. The molecule has 0 heterocycles. The quantitative estimate of drug-likeness (QED) is 0.0222. The van der Waals surface area contributed by atoms with Gasteiger partial charge in [0.25, 0.3) is 0 Å². The zero-order valence-corrected chi connectivity index (χ0v) is 59.8. The van der Waals surface area contributed by atoms with Gasteiger partial charge in [0.2, 0.25) is 0 Å². The highest BCUT2D eigenvalue weighted by atomic mass is 31.2. The predicted octanol–water partition coefficient (Wildman–Crippen LogP) is 19.7. The van der Waals surface area contributed by atoms with Crippen LogP contribution in [-0.2, 0) is 65.4 Å². The number of aliphatic hydroxyl groups is 1. The fraction of sp³-hybridized carbons (Fsp3) is 0.943. The predicted molar refractivity (Wildman–Crippen MR) is 358 cm³/mol. The van der Waals surface area contributed by atoms with Crippen LogP contribution in [0, 0.1) is 23.7 Å². The lowest BCUT2D eigenvalue weighted by molar-refractivity contribution is -0.161. The van der Waals surface area contributed by atoms with Gasteiger partial charge in [-0.25, -0.2) is 9.13 Å². The number of ether oxygens (including phenoxy) is 4. The van der Waals surface area contributed by atoms with Crippen LogP contribution in [0.3, 0.4) is 0 Å². The maximum atomic E-state index is 13.0. The summed E-state index contributed by atoms with van der Waals surface area (Å²) in [7, 11) is -9.90. The summed E-state index contributed by atoms with van der Waals surface area (Å²) in [5, 5.41) is 10.6. The van der Waals surface area contributed by atoms with Gasteiger partial charge in [-0.1, -0.05) is 293 Å². The molecule has 89 heavy (non-hydrogen) atoms. The zero-order valence-electron chi connectivity index (χ0n) is 58.1. The highest BCUT2D eigenvalue weighted by molar-refractivity contribution is 7.47. The second-order valence-electron chi connectivity index (χ2n) is 26.9. The molecule has 0 saturated carbocycles. The van der Waals surface area contributed by atoms with Crippen molar-refractivity contribution in [3.8, 4) is 0 Å². The van der Waals surface area contributed by atoms with Gasteiger partial charge in [0.05, 0.1) is 26.4 Å². The van der Waals surface area contributed by atoms with Crippen molar-refractivity contribution in [2.45, 2.75) is 363 Å². The van der Waals surface area contributed by atoms with Crippen molar-refractivity contribution in [3.05, 3.63) is 0 Å². The van der Waals surface area contributed by atoms with E-state index in [1.165, 1.54) is 141 Å². The van der Waals surface area contributed by atoms with Crippen molar-refractivity contribution in [1.29, 1.82) is 0 Å². The van der Waals surface area contributed by atoms with E-state index in [1.54, 1.807) is 0 Å². The molecule has 19 heteroatoms. The van der Waals surface area contributed by atoms with Gasteiger partial charge < -0.3 is 33.8 Å². The average molecular weight is 1310 g/mol. The molecule has 0 rings (SSSR count). The Morgan fingerprint density at radius 3 is 0.798 bits per heavy atom. The number of hydrogen-bond donors (Lipinski definition) is 3. The van der Waals surface area contributed by atoms with Crippen molar-refractivity contribution < 1.29 is 80.2 Å². The van der Waals surface area contributed by atoms with E-state index in [1.807, 2.05) is 0 Å². The molecule has 0 aliphatic heterocycles. The number of aliphatic hydroxyl groups excluding tert-OH is 1. The summed E-state index contributed by atoms with van der Waals surface area (Å²) >= 11 is 0. The van der Waals surface area contributed by atoms with Crippen molar-refractivity contribution in [2.24, 2.45) is 23.7 Å². The van der Waals surface area contributed by atoms with Gasteiger partial charge in [-0.15, -0.1) is 0 Å². The van der Waals surface area contributed by atoms with E-state index < -0.39 is 97.5 Å². The minimum atomic E-state index is -4.95.